The minimum absolute atomic E-state index is 0.0869. The zero-order chi connectivity index (χ0) is 20.0. The number of halogens is 1. The van der Waals surface area contributed by atoms with E-state index in [1.54, 1.807) is 36.4 Å². The van der Waals surface area contributed by atoms with Crippen molar-refractivity contribution in [3.05, 3.63) is 58.6 Å². The van der Waals surface area contributed by atoms with Crippen LogP contribution in [-0.4, -0.2) is 24.5 Å². The van der Waals surface area contributed by atoms with Crippen LogP contribution in [0.4, 0.5) is 5.69 Å². The van der Waals surface area contributed by atoms with E-state index in [1.165, 1.54) is 0 Å². The van der Waals surface area contributed by atoms with E-state index in [0.29, 0.717) is 28.6 Å². The van der Waals surface area contributed by atoms with Crippen molar-refractivity contribution in [3.8, 4) is 5.75 Å². The van der Waals surface area contributed by atoms with Crippen LogP contribution in [0.2, 0.25) is 5.02 Å². The summed E-state index contributed by atoms with van der Waals surface area (Å²) in [6, 6.07) is 11.4. The number of carbonyl (C=O) groups is 2. The molecule has 0 radical (unpaired) electrons. The summed E-state index contributed by atoms with van der Waals surface area (Å²) in [5.41, 5.74) is 2.00. The Balaban J connectivity index is 2.10. The van der Waals surface area contributed by atoms with Gasteiger partial charge in [-0.05, 0) is 61.7 Å². The van der Waals surface area contributed by atoms with Crippen molar-refractivity contribution in [2.24, 2.45) is 5.92 Å². The molecule has 0 aliphatic heterocycles. The molecule has 2 amide bonds. The minimum atomic E-state index is -0.678. The number of anilines is 1. The topological polar surface area (TPSA) is 67.4 Å². The van der Waals surface area contributed by atoms with Gasteiger partial charge in [0.15, 0.2) is 0 Å². The molecule has 0 aliphatic carbocycles. The third-order valence-electron chi connectivity index (χ3n) is 4.12. The molecule has 2 aromatic rings. The van der Waals surface area contributed by atoms with Crippen LogP contribution in [0, 0.1) is 12.8 Å². The molecule has 0 aliphatic rings. The molecule has 0 heterocycles. The van der Waals surface area contributed by atoms with Crippen molar-refractivity contribution in [3.63, 3.8) is 0 Å². The zero-order valence-electron chi connectivity index (χ0n) is 16.0. The molecular weight excluding hydrogens is 364 g/mol. The molecule has 144 valence electrons. The van der Waals surface area contributed by atoms with Gasteiger partial charge in [-0.1, -0.05) is 31.5 Å². The Labute approximate surface area is 165 Å². The second-order valence-corrected chi connectivity index (χ2v) is 7.04. The molecule has 27 heavy (non-hydrogen) atoms. The van der Waals surface area contributed by atoms with Gasteiger partial charge in [0.05, 0.1) is 6.61 Å². The third kappa shape index (κ3) is 5.73. The maximum absolute atomic E-state index is 12.7. The van der Waals surface area contributed by atoms with Gasteiger partial charge in [-0.2, -0.15) is 0 Å². The van der Waals surface area contributed by atoms with Crippen molar-refractivity contribution in [1.29, 1.82) is 0 Å². The van der Waals surface area contributed by atoms with Gasteiger partial charge in [0, 0.05) is 16.3 Å². The maximum atomic E-state index is 12.7. The molecule has 0 aromatic heterocycles. The molecule has 0 fully saturated rings. The first-order chi connectivity index (χ1) is 12.8. The van der Waals surface area contributed by atoms with Gasteiger partial charge in [-0.3, -0.25) is 9.59 Å². The van der Waals surface area contributed by atoms with Crippen LogP contribution in [0.1, 0.15) is 36.7 Å². The van der Waals surface area contributed by atoms with Gasteiger partial charge < -0.3 is 15.4 Å². The number of carbonyl (C=O) groups excluding carboxylic acids is 2. The lowest BCUT2D eigenvalue weighted by Crippen LogP contribution is -2.47. The lowest BCUT2D eigenvalue weighted by Gasteiger charge is -2.22. The van der Waals surface area contributed by atoms with E-state index in [2.05, 4.69) is 10.6 Å². The van der Waals surface area contributed by atoms with Gasteiger partial charge in [0.1, 0.15) is 11.8 Å². The Hall–Kier alpha value is -2.53. The summed E-state index contributed by atoms with van der Waals surface area (Å²) in [4.78, 5) is 25.3. The van der Waals surface area contributed by atoms with Crippen molar-refractivity contribution in [2.45, 2.75) is 33.7 Å². The van der Waals surface area contributed by atoms with Crippen LogP contribution in [-0.2, 0) is 4.79 Å². The SMILES string of the molecule is CCOc1ccc(C(=O)N[C@H](C(=O)Nc2cc(Cl)ccc2C)C(C)C)cc1. The fraction of sp³-hybridized carbons (Fsp3) is 0.333. The molecule has 0 bridgehead atoms. The average molecular weight is 389 g/mol. The maximum Gasteiger partial charge on any atom is 0.251 e. The highest BCUT2D eigenvalue weighted by Crippen LogP contribution is 2.21. The Kier molecular flexibility index (Phi) is 7.25. The first kappa shape index (κ1) is 20.8. The molecule has 2 rings (SSSR count). The number of hydrogen-bond acceptors (Lipinski definition) is 3. The Morgan fingerprint density at radius 2 is 1.78 bits per heavy atom. The second kappa shape index (κ2) is 9.42. The lowest BCUT2D eigenvalue weighted by molar-refractivity contribution is -0.118. The van der Waals surface area contributed by atoms with Crippen LogP contribution < -0.4 is 15.4 Å². The van der Waals surface area contributed by atoms with Crippen LogP contribution in [0.3, 0.4) is 0 Å². The predicted octanol–water partition coefficient (Wildman–Crippen LogP) is 4.44. The molecule has 0 unspecified atom stereocenters. The van der Waals surface area contributed by atoms with Crippen LogP contribution in [0.5, 0.6) is 5.75 Å². The fourth-order valence-electron chi connectivity index (χ4n) is 2.57. The van der Waals surface area contributed by atoms with E-state index in [-0.39, 0.29) is 17.7 Å². The molecule has 6 heteroatoms. The Morgan fingerprint density at radius 1 is 1.11 bits per heavy atom. The largest absolute Gasteiger partial charge is 0.494 e. The number of nitrogens with one attached hydrogen (secondary N) is 2. The molecule has 0 spiro atoms. The third-order valence-corrected chi connectivity index (χ3v) is 4.36. The number of aryl methyl sites for hydroxylation is 1. The number of hydrogen-bond donors (Lipinski definition) is 2. The highest BCUT2D eigenvalue weighted by atomic mass is 35.5. The number of amides is 2. The molecule has 1 atom stereocenters. The summed E-state index contributed by atoms with van der Waals surface area (Å²) in [7, 11) is 0. The molecular formula is C21H25ClN2O3. The zero-order valence-corrected chi connectivity index (χ0v) is 16.8. The molecule has 2 N–H and O–H groups in total. The van der Waals surface area contributed by atoms with Gasteiger partial charge in [-0.15, -0.1) is 0 Å². The molecule has 5 nitrogen and oxygen atoms in total. The standard InChI is InChI=1S/C21H25ClN2O3/c1-5-27-17-10-7-15(8-11-17)20(25)24-19(13(2)3)21(26)23-18-12-16(22)9-6-14(18)4/h6-13,19H,5H2,1-4H3,(H,23,26)(H,24,25)/t19-/m0/s1. The quantitative estimate of drug-likeness (QED) is 0.736. The summed E-state index contributed by atoms with van der Waals surface area (Å²) in [5.74, 6) is 0.0177. The first-order valence-corrected chi connectivity index (χ1v) is 9.30. The summed E-state index contributed by atoms with van der Waals surface area (Å²) in [6.07, 6.45) is 0. The van der Waals surface area contributed by atoms with Gasteiger partial charge in [0.25, 0.3) is 5.91 Å². The van der Waals surface area contributed by atoms with Crippen molar-refractivity contribution < 1.29 is 14.3 Å². The smallest absolute Gasteiger partial charge is 0.251 e. The van der Waals surface area contributed by atoms with E-state index in [1.807, 2.05) is 33.8 Å². The average Bonchev–Trinajstić information content (AvgIpc) is 2.63. The Morgan fingerprint density at radius 3 is 2.37 bits per heavy atom. The highest BCUT2D eigenvalue weighted by Gasteiger charge is 2.25. The molecule has 0 saturated carbocycles. The summed E-state index contributed by atoms with van der Waals surface area (Å²) < 4.78 is 5.38. The fourth-order valence-corrected chi connectivity index (χ4v) is 2.74. The van der Waals surface area contributed by atoms with Crippen molar-refractivity contribution in [1.82, 2.24) is 5.32 Å². The monoisotopic (exact) mass is 388 g/mol. The van der Waals surface area contributed by atoms with Crippen LogP contribution in [0.15, 0.2) is 42.5 Å². The van der Waals surface area contributed by atoms with Gasteiger partial charge in [0.2, 0.25) is 5.91 Å². The van der Waals surface area contributed by atoms with E-state index in [9.17, 15) is 9.59 Å². The second-order valence-electron chi connectivity index (χ2n) is 6.60. The minimum Gasteiger partial charge on any atom is -0.494 e. The first-order valence-electron chi connectivity index (χ1n) is 8.92. The summed E-state index contributed by atoms with van der Waals surface area (Å²) >= 11 is 6.01. The number of ether oxygens (including phenoxy) is 1. The summed E-state index contributed by atoms with van der Waals surface area (Å²) in [6.45, 7) is 8.11. The molecule has 2 aromatic carbocycles. The highest BCUT2D eigenvalue weighted by molar-refractivity contribution is 6.31. The van der Waals surface area contributed by atoms with Crippen LogP contribution in [0.25, 0.3) is 0 Å². The summed E-state index contributed by atoms with van der Waals surface area (Å²) in [5, 5.41) is 6.21. The lowest BCUT2D eigenvalue weighted by atomic mass is 10.0. The van der Waals surface area contributed by atoms with E-state index >= 15 is 0 Å². The predicted molar refractivity (Wildman–Crippen MR) is 109 cm³/mol. The molecule has 0 saturated heterocycles. The number of rotatable bonds is 7. The van der Waals surface area contributed by atoms with E-state index in [0.717, 1.165) is 5.56 Å². The number of benzene rings is 2. The van der Waals surface area contributed by atoms with Crippen LogP contribution >= 0.6 is 11.6 Å². The van der Waals surface area contributed by atoms with E-state index < -0.39 is 6.04 Å². The van der Waals surface area contributed by atoms with Crippen molar-refractivity contribution in [2.75, 3.05) is 11.9 Å². The Bertz CT molecular complexity index is 804. The van der Waals surface area contributed by atoms with Gasteiger partial charge >= 0.3 is 0 Å². The van der Waals surface area contributed by atoms with E-state index in [4.69, 9.17) is 16.3 Å². The normalized spacial score (nSPS) is 11.8. The van der Waals surface area contributed by atoms with Gasteiger partial charge in [-0.25, -0.2) is 0 Å². The van der Waals surface area contributed by atoms with Crippen molar-refractivity contribution >= 4 is 29.1 Å².